The van der Waals surface area contributed by atoms with E-state index >= 15 is 0 Å². The fourth-order valence-electron chi connectivity index (χ4n) is 3.40. The molecule has 29 heavy (non-hydrogen) atoms. The maximum absolute atomic E-state index is 12.3. The molecule has 1 aliphatic heterocycles. The van der Waals surface area contributed by atoms with E-state index < -0.39 is 5.91 Å². The Morgan fingerprint density at radius 2 is 2.21 bits per heavy atom. The second-order valence-electron chi connectivity index (χ2n) is 7.19. The smallest absolute Gasteiger partial charge is 0.253 e. The first-order chi connectivity index (χ1) is 13.9. The van der Waals surface area contributed by atoms with E-state index in [0.29, 0.717) is 5.56 Å². The maximum Gasteiger partial charge on any atom is 0.253 e. The highest BCUT2D eigenvalue weighted by Gasteiger charge is 2.25. The molecule has 1 fully saturated rings. The van der Waals surface area contributed by atoms with Crippen molar-refractivity contribution < 1.29 is 14.1 Å². The van der Waals surface area contributed by atoms with E-state index in [9.17, 15) is 9.59 Å². The SMILES string of the molecule is Cc1noc(C)c1CN1CC[C@@H](NC(=O)CNC(=O)c2cc(C#N)ccc2N)C1. The minimum atomic E-state index is -0.485. The van der Waals surface area contributed by atoms with Gasteiger partial charge in [0, 0.05) is 36.9 Å². The highest BCUT2D eigenvalue weighted by molar-refractivity contribution is 6.01. The molecule has 0 aliphatic carbocycles. The first kappa shape index (κ1) is 20.4. The van der Waals surface area contributed by atoms with Gasteiger partial charge < -0.3 is 20.9 Å². The molecule has 9 nitrogen and oxygen atoms in total. The van der Waals surface area contributed by atoms with Crippen LogP contribution in [-0.4, -0.2) is 47.5 Å². The van der Waals surface area contributed by atoms with Crippen molar-refractivity contribution in [1.29, 1.82) is 5.26 Å². The predicted molar refractivity (Wildman–Crippen MR) is 106 cm³/mol. The third-order valence-corrected chi connectivity index (χ3v) is 5.04. The number of nitrogen functional groups attached to an aromatic ring is 1. The molecular weight excluding hydrogens is 372 g/mol. The van der Waals surface area contributed by atoms with Crippen LogP contribution in [0.3, 0.4) is 0 Å². The van der Waals surface area contributed by atoms with Gasteiger partial charge in [-0.2, -0.15) is 5.26 Å². The lowest BCUT2D eigenvalue weighted by atomic mass is 10.1. The molecule has 0 spiro atoms. The van der Waals surface area contributed by atoms with E-state index in [1.165, 1.54) is 18.2 Å². The normalized spacial score (nSPS) is 16.4. The molecule has 0 saturated carbocycles. The summed E-state index contributed by atoms with van der Waals surface area (Å²) in [4.78, 5) is 26.7. The summed E-state index contributed by atoms with van der Waals surface area (Å²) < 4.78 is 5.20. The van der Waals surface area contributed by atoms with Crippen LogP contribution in [-0.2, 0) is 11.3 Å². The zero-order valence-corrected chi connectivity index (χ0v) is 16.5. The van der Waals surface area contributed by atoms with E-state index in [4.69, 9.17) is 15.5 Å². The summed E-state index contributed by atoms with van der Waals surface area (Å²) in [5, 5.41) is 18.4. The monoisotopic (exact) mass is 396 g/mol. The molecule has 0 unspecified atom stereocenters. The molecule has 1 aliphatic rings. The van der Waals surface area contributed by atoms with E-state index in [-0.39, 0.29) is 29.7 Å². The highest BCUT2D eigenvalue weighted by atomic mass is 16.5. The van der Waals surface area contributed by atoms with Crippen LogP contribution in [0.25, 0.3) is 0 Å². The number of benzene rings is 1. The maximum atomic E-state index is 12.3. The van der Waals surface area contributed by atoms with Crippen LogP contribution in [0.5, 0.6) is 0 Å². The van der Waals surface area contributed by atoms with Crippen LogP contribution < -0.4 is 16.4 Å². The Bertz CT molecular complexity index is 942. The van der Waals surface area contributed by atoms with Crippen LogP contribution in [0.2, 0.25) is 0 Å². The first-order valence-electron chi connectivity index (χ1n) is 9.38. The van der Waals surface area contributed by atoms with Gasteiger partial charge in [0.05, 0.1) is 29.4 Å². The number of anilines is 1. The summed E-state index contributed by atoms with van der Waals surface area (Å²) in [5.41, 5.74) is 8.53. The number of nitrogens with one attached hydrogen (secondary N) is 2. The number of nitriles is 1. The molecule has 2 heterocycles. The summed E-state index contributed by atoms with van der Waals surface area (Å²) >= 11 is 0. The average molecular weight is 396 g/mol. The lowest BCUT2D eigenvalue weighted by Crippen LogP contribution is -2.43. The van der Waals surface area contributed by atoms with Crippen molar-refractivity contribution in [3.8, 4) is 6.07 Å². The second kappa shape index (κ2) is 8.75. The fraction of sp³-hybridized carbons (Fsp3) is 0.400. The number of carbonyl (C=O) groups excluding carboxylic acids is 2. The lowest BCUT2D eigenvalue weighted by molar-refractivity contribution is -0.120. The zero-order valence-electron chi connectivity index (χ0n) is 16.5. The van der Waals surface area contributed by atoms with Crippen LogP contribution in [0.1, 0.15) is 39.4 Å². The molecule has 1 aromatic carbocycles. The fourth-order valence-corrected chi connectivity index (χ4v) is 3.40. The number of nitrogens with zero attached hydrogens (tertiary/aromatic N) is 3. The summed E-state index contributed by atoms with van der Waals surface area (Å²) in [5.74, 6) is 0.0659. The number of hydrogen-bond acceptors (Lipinski definition) is 7. The topological polar surface area (TPSA) is 137 Å². The van der Waals surface area contributed by atoms with Gasteiger partial charge in [-0.05, 0) is 38.5 Å². The predicted octanol–water partition coefficient (Wildman–Crippen LogP) is 0.866. The van der Waals surface area contributed by atoms with Crippen LogP contribution in [0.4, 0.5) is 5.69 Å². The average Bonchev–Trinajstić information content (AvgIpc) is 3.27. The Hall–Kier alpha value is -3.38. The third kappa shape index (κ3) is 4.92. The van der Waals surface area contributed by atoms with Gasteiger partial charge in [-0.3, -0.25) is 14.5 Å². The molecule has 2 amide bonds. The van der Waals surface area contributed by atoms with Crippen LogP contribution >= 0.6 is 0 Å². The van der Waals surface area contributed by atoms with Gasteiger partial charge in [0.1, 0.15) is 5.76 Å². The molecule has 0 radical (unpaired) electrons. The summed E-state index contributed by atoms with van der Waals surface area (Å²) in [6, 6.07) is 6.42. The Kier molecular flexibility index (Phi) is 6.14. The summed E-state index contributed by atoms with van der Waals surface area (Å²) in [7, 11) is 0. The van der Waals surface area contributed by atoms with Crippen molar-refractivity contribution in [2.24, 2.45) is 0 Å². The van der Waals surface area contributed by atoms with Gasteiger partial charge in [-0.15, -0.1) is 0 Å². The molecule has 1 atom stereocenters. The number of likely N-dealkylation sites (tertiary alicyclic amines) is 1. The van der Waals surface area contributed by atoms with E-state index in [2.05, 4.69) is 20.7 Å². The van der Waals surface area contributed by atoms with Crippen molar-refractivity contribution >= 4 is 17.5 Å². The quantitative estimate of drug-likeness (QED) is 0.616. The number of aromatic nitrogens is 1. The van der Waals surface area contributed by atoms with E-state index in [0.717, 1.165) is 43.1 Å². The molecular formula is C20H24N6O3. The van der Waals surface area contributed by atoms with Crippen molar-refractivity contribution in [2.75, 3.05) is 25.4 Å². The Morgan fingerprint density at radius 1 is 1.41 bits per heavy atom. The molecule has 152 valence electrons. The number of amides is 2. The second-order valence-corrected chi connectivity index (χ2v) is 7.19. The molecule has 0 bridgehead atoms. The Morgan fingerprint density at radius 3 is 2.90 bits per heavy atom. The molecule has 9 heteroatoms. The lowest BCUT2D eigenvalue weighted by Gasteiger charge is -2.17. The first-order valence-corrected chi connectivity index (χ1v) is 9.38. The number of nitrogens with two attached hydrogens (primary N) is 1. The van der Waals surface area contributed by atoms with Gasteiger partial charge in [0.25, 0.3) is 5.91 Å². The largest absolute Gasteiger partial charge is 0.398 e. The molecule has 1 aromatic heterocycles. The van der Waals surface area contributed by atoms with E-state index in [1.54, 1.807) is 0 Å². The van der Waals surface area contributed by atoms with Gasteiger partial charge >= 0.3 is 0 Å². The standard InChI is InChI=1S/C20H24N6O3/c1-12-17(13(2)29-25-12)11-26-6-5-15(10-26)24-19(27)9-23-20(28)16-7-14(8-21)3-4-18(16)22/h3-4,7,15H,5-6,9-11,22H2,1-2H3,(H,23,28)(H,24,27)/t15-/m1/s1. The summed E-state index contributed by atoms with van der Waals surface area (Å²) in [6.07, 6.45) is 0.834. The van der Waals surface area contributed by atoms with Gasteiger partial charge in [-0.1, -0.05) is 5.16 Å². The molecule has 1 saturated heterocycles. The van der Waals surface area contributed by atoms with Gasteiger partial charge in [-0.25, -0.2) is 0 Å². The summed E-state index contributed by atoms with van der Waals surface area (Å²) in [6.45, 7) is 5.98. The molecule has 4 N–H and O–H groups in total. The van der Waals surface area contributed by atoms with Gasteiger partial charge in [0.15, 0.2) is 0 Å². The number of aryl methyl sites for hydroxylation is 2. The van der Waals surface area contributed by atoms with Gasteiger partial charge in [0.2, 0.25) is 5.91 Å². The van der Waals surface area contributed by atoms with Crippen molar-refractivity contribution in [1.82, 2.24) is 20.7 Å². The number of hydrogen-bond donors (Lipinski definition) is 3. The number of rotatable bonds is 6. The Labute approximate surface area is 168 Å². The zero-order chi connectivity index (χ0) is 21.0. The molecule has 3 rings (SSSR count). The highest BCUT2D eigenvalue weighted by Crippen LogP contribution is 2.19. The minimum absolute atomic E-state index is 0.0202. The Balaban J connectivity index is 1.47. The molecule has 2 aromatic rings. The van der Waals surface area contributed by atoms with E-state index in [1.807, 2.05) is 19.9 Å². The minimum Gasteiger partial charge on any atom is -0.398 e. The van der Waals surface area contributed by atoms with Crippen molar-refractivity contribution in [2.45, 2.75) is 32.9 Å². The van der Waals surface area contributed by atoms with Crippen LogP contribution in [0, 0.1) is 25.2 Å². The van der Waals surface area contributed by atoms with Crippen molar-refractivity contribution in [3.63, 3.8) is 0 Å². The number of carbonyl (C=O) groups is 2. The third-order valence-electron chi connectivity index (χ3n) is 5.04. The van der Waals surface area contributed by atoms with Crippen LogP contribution in [0.15, 0.2) is 22.7 Å². The van der Waals surface area contributed by atoms with Crippen molar-refractivity contribution in [3.05, 3.63) is 46.3 Å².